The number of aromatic nitrogens is 3. The van der Waals surface area contributed by atoms with Crippen LogP contribution in [0.3, 0.4) is 0 Å². The number of carboxylic acid groups (broad SMARTS) is 1. The standard InChI is InChI=1S/C22H22Cl2FN5O2S/c1-12(19-16(23)2-3-17(25)20(19)24)33-18-8-13(9-27-21(18)26)14-10-28-30(11-14)15-4-6-29(7-5-15)22(31)32/h2-3,8-12,15H,4-7H2,1H3,(H2,26,27)(H,31,32). The lowest BCUT2D eigenvalue weighted by Crippen LogP contribution is -2.38. The van der Waals surface area contributed by atoms with Gasteiger partial charge in [0, 0.05) is 52.4 Å². The highest BCUT2D eigenvalue weighted by Crippen LogP contribution is 2.44. The van der Waals surface area contributed by atoms with Gasteiger partial charge in [-0.3, -0.25) is 4.68 Å². The quantitative estimate of drug-likeness (QED) is 0.316. The Balaban J connectivity index is 1.53. The number of thioether (sulfide) groups is 1. The number of benzene rings is 1. The lowest BCUT2D eigenvalue weighted by atomic mass is 10.1. The second-order valence-electron chi connectivity index (χ2n) is 7.83. The Kier molecular flexibility index (Phi) is 7.02. The topological polar surface area (TPSA) is 97.3 Å². The van der Waals surface area contributed by atoms with Gasteiger partial charge in [0.05, 0.1) is 22.2 Å². The second kappa shape index (κ2) is 9.79. The SMILES string of the molecule is CC(Sc1cc(-c2cnn(C3CCN(C(=O)O)CC3)c2)cnc1N)c1c(Cl)ccc(F)c1Cl. The molecular weight excluding hydrogens is 488 g/mol. The molecule has 11 heteroatoms. The van der Waals surface area contributed by atoms with Gasteiger partial charge in [0.15, 0.2) is 0 Å². The molecule has 0 aliphatic carbocycles. The summed E-state index contributed by atoms with van der Waals surface area (Å²) in [5.74, 6) is -0.169. The maximum Gasteiger partial charge on any atom is 0.407 e. The van der Waals surface area contributed by atoms with Gasteiger partial charge >= 0.3 is 6.09 Å². The minimum absolute atomic E-state index is 0.000377. The van der Waals surface area contributed by atoms with Crippen molar-refractivity contribution in [3.63, 3.8) is 0 Å². The third kappa shape index (κ3) is 5.05. The predicted molar refractivity (Wildman–Crippen MR) is 128 cm³/mol. The van der Waals surface area contributed by atoms with Crippen molar-refractivity contribution in [3.8, 4) is 11.1 Å². The summed E-state index contributed by atoms with van der Waals surface area (Å²) in [6.07, 6.45) is 5.91. The van der Waals surface area contributed by atoms with Gasteiger partial charge in [-0.2, -0.15) is 5.10 Å². The fourth-order valence-corrected chi connectivity index (χ4v) is 5.82. The zero-order valence-electron chi connectivity index (χ0n) is 17.7. The van der Waals surface area contributed by atoms with Crippen LogP contribution < -0.4 is 5.73 Å². The smallest absolute Gasteiger partial charge is 0.407 e. The van der Waals surface area contributed by atoms with Crippen LogP contribution in [0.1, 0.15) is 36.6 Å². The Morgan fingerprint density at radius 2 is 2.00 bits per heavy atom. The van der Waals surface area contributed by atoms with Crippen molar-refractivity contribution < 1.29 is 14.3 Å². The summed E-state index contributed by atoms with van der Waals surface area (Å²) in [5, 5.41) is 13.7. The van der Waals surface area contributed by atoms with E-state index in [1.54, 1.807) is 12.4 Å². The van der Waals surface area contributed by atoms with Crippen LogP contribution in [-0.2, 0) is 0 Å². The van der Waals surface area contributed by atoms with Crippen LogP contribution in [0.5, 0.6) is 0 Å². The van der Waals surface area contributed by atoms with Gasteiger partial charge in [-0.05, 0) is 38.0 Å². The number of nitrogen functional groups attached to an aromatic ring is 1. The summed E-state index contributed by atoms with van der Waals surface area (Å²) in [6.45, 7) is 2.86. The minimum Gasteiger partial charge on any atom is -0.465 e. The summed E-state index contributed by atoms with van der Waals surface area (Å²) in [5.41, 5.74) is 8.33. The molecule has 1 aliphatic rings. The number of rotatable bonds is 5. The molecule has 33 heavy (non-hydrogen) atoms. The third-order valence-corrected chi connectivity index (χ3v) is 7.60. The highest BCUT2D eigenvalue weighted by molar-refractivity contribution is 7.99. The number of likely N-dealkylation sites (tertiary alicyclic amines) is 1. The molecule has 0 saturated carbocycles. The number of nitrogens with zero attached hydrogens (tertiary/aromatic N) is 4. The molecule has 0 bridgehead atoms. The number of carbonyl (C=O) groups is 1. The monoisotopic (exact) mass is 509 g/mol. The number of hydrogen-bond donors (Lipinski definition) is 2. The van der Waals surface area contributed by atoms with E-state index in [4.69, 9.17) is 34.0 Å². The Morgan fingerprint density at radius 3 is 2.70 bits per heavy atom. The van der Waals surface area contributed by atoms with E-state index in [9.17, 15) is 9.18 Å². The van der Waals surface area contributed by atoms with Crippen molar-refractivity contribution in [2.24, 2.45) is 0 Å². The van der Waals surface area contributed by atoms with Crippen LogP contribution in [0, 0.1) is 5.82 Å². The normalized spacial score (nSPS) is 15.6. The van der Waals surface area contributed by atoms with E-state index in [1.807, 2.05) is 23.9 Å². The lowest BCUT2D eigenvalue weighted by Gasteiger charge is -2.30. The molecule has 0 radical (unpaired) electrons. The van der Waals surface area contributed by atoms with E-state index >= 15 is 0 Å². The summed E-state index contributed by atoms with van der Waals surface area (Å²) in [4.78, 5) is 17.6. The third-order valence-electron chi connectivity index (χ3n) is 5.72. The molecule has 3 N–H and O–H groups in total. The summed E-state index contributed by atoms with van der Waals surface area (Å²) < 4.78 is 15.8. The Bertz CT molecular complexity index is 1180. The van der Waals surface area contributed by atoms with Crippen LogP contribution in [0.2, 0.25) is 10.0 Å². The van der Waals surface area contributed by atoms with Gasteiger partial charge in [-0.1, -0.05) is 23.2 Å². The van der Waals surface area contributed by atoms with Crippen LogP contribution in [0.15, 0.2) is 41.7 Å². The van der Waals surface area contributed by atoms with Crippen molar-refractivity contribution in [2.45, 2.75) is 36.0 Å². The maximum absolute atomic E-state index is 14.0. The first-order valence-corrected chi connectivity index (χ1v) is 12.0. The number of amides is 1. The highest BCUT2D eigenvalue weighted by Gasteiger charge is 2.24. The Labute approximate surface area is 204 Å². The lowest BCUT2D eigenvalue weighted by molar-refractivity contribution is 0.124. The molecule has 174 valence electrons. The van der Waals surface area contributed by atoms with Crippen molar-refractivity contribution in [3.05, 3.63) is 58.2 Å². The summed E-state index contributed by atoms with van der Waals surface area (Å²) in [7, 11) is 0. The molecule has 1 unspecified atom stereocenters. The number of anilines is 1. The van der Waals surface area contributed by atoms with Gasteiger partial charge in [0.2, 0.25) is 0 Å². The largest absolute Gasteiger partial charge is 0.465 e. The number of piperidine rings is 1. The molecule has 4 rings (SSSR count). The Hall–Kier alpha value is -2.49. The van der Waals surface area contributed by atoms with Gasteiger partial charge < -0.3 is 15.7 Å². The molecular formula is C22H22Cl2FN5O2S. The number of nitrogens with two attached hydrogens (primary N) is 1. The van der Waals surface area contributed by atoms with Gasteiger partial charge in [0.25, 0.3) is 0 Å². The Morgan fingerprint density at radius 1 is 1.27 bits per heavy atom. The van der Waals surface area contributed by atoms with Crippen molar-refractivity contribution in [2.75, 3.05) is 18.8 Å². The average molecular weight is 510 g/mol. The van der Waals surface area contributed by atoms with E-state index in [0.717, 1.165) is 16.0 Å². The molecule has 1 fully saturated rings. The molecule has 2 aromatic heterocycles. The molecule has 7 nitrogen and oxygen atoms in total. The first kappa shape index (κ1) is 23.7. The first-order chi connectivity index (χ1) is 15.7. The van der Waals surface area contributed by atoms with Crippen molar-refractivity contribution in [1.82, 2.24) is 19.7 Å². The summed E-state index contributed by atoms with van der Waals surface area (Å²) >= 11 is 13.8. The number of pyridine rings is 1. The van der Waals surface area contributed by atoms with E-state index in [1.165, 1.54) is 28.8 Å². The fraction of sp³-hybridized carbons (Fsp3) is 0.318. The predicted octanol–water partition coefficient (Wildman–Crippen LogP) is 6.14. The number of hydrogen-bond acceptors (Lipinski definition) is 5. The number of halogens is 3. The second-order valence-corrected chi connectivity index (χ2v) is 10.0. The minimum atomic E-state index is -0.886. The molecule has 1 aliphatic heterocycles. The van der Waals surface area contributed by atoms with Gasteiger partial charge in [-0.25, -0.2) is 14.2 Å². The molecule has 0 spiro atoms. The molecule has 3 heterocycles. The average Bonchev–Trinajstić information content (AvgIpc) is 3.28. The highest BCUT2D eigenvalue weighted by atomic mass is 35.5. The fourth-order valence-electron chi connectivity index (χ4n) is 3.88. The maximum atomic E-state index is 14.0. The molecule has 1 atom stereocenters. The van der Waals surface area contributed by atoms with Crippen LogP contribution in [0.25, 0.3) is 11.1 Å². The van der Waals surface area contributed by atoms with E-state index in [-0.39, 0.29) is 16.3 Å². The zero-order chi connectivity index (χ0) is 23.7. The van der Waals surface area contributed by atoms with Crippen molar-refractivity contribution >= 4 is 46.9 Å². The van der Waals surface area contributed by atoms with Crippen LogP contribution in [0.4, 0.5) is 15.0 Å². The van der Waals surface area contributed by atoms with Gasteiger partial charge in [0.1, 0.15) is 11.6 Å². The first-order valence-electron chi connectivity index (χ1n) is 10.3. The molecule has 1 saturated heterocycles. The van der Waals surface area contributed by atoms with Crippen molar-refractivity contribution in [1.29, 1.82) is 0 Å². The van der Waals surface area contributed by atoms with Crippen LogP contribution >= 0.6 is 35.0 Å². The van der Waals surface area contributed by atoms with E-state index < -0.39 is 11.9 Å². The van der Waals surface area contributed by atoms with E-state index in [0.29, 0.717) is 42.3 Å². The van der Waals surface area contributed by atoms with Gasteiger partial charge in [-0.15, -0.1) is 11.8 Å². The van der Waals surface area contributed by atoms with Crippen LogP contribution in [-0.4, -0.2) is 44.0 Å². The molecule has 1 amide bonds. The van der Waals surface area contributed by atoms with E-state index in [2.05, 4.69) is 10.1 Å². The molecule has 3 aromatic rings. The summed E-state index contributed by atoms with van der Waals surface area (Å²) in [6, 6.07) is 4.79. The molecule has 1 aromatic carbocycles. The zero-order valence-corrected chi connectivity index (χ0v) is 20.0.